The molecular weight excluding hydrogens is 196 g/mol. The fourth-order valence-electron chi connectivity index (χ4n) is 0.240. The van der Waals surface area contributed by atoms with Crippen molar-refractivity contribution in [2.45, 2.75) is 0 Å². The first kappa shape index (κ1) is 10.4. The van der Waals surface area contributed by atoms with Gasteiger partial charge in [-0.15, -0.1) is 0 Å². The van der Waals surface area contributed by atoms with E-state index in [1.165, 1.54) is 0 Å². The van der Waals surface area contributed by atoms with Gasteiger partial charge in [-0.1, -0.05) is 0 Å². The highest BCUT2D eigenvalue weighted by Gasteiger charge is 2.19. The summed E-state index contributed by atoms with van der Waals surface area (Å²) < 4.78 is 8.00. The van der Waals surface area contributed by atoms with Gasteiger partial charge in [0.15, 0.2) is 0 Å². The molecular formula is H8O7Si3. The van der Waals surface area contributed by atoms with Crippen molar-refractivity contribution >= 4 is 28.6 Å². The molecule has 0 aliphatic carbocycles. The zero-order valence-electron chi connectivity index (χ0n) is 4.78. The molecule has 0 aromatic heterocycles. The van der Waals surface area contributed by atoms with Crippen LogP contribution in [-0.4, -0.2) is 52.6 Å². The van der Waals surface area contributed by atoms with Gasteiger partial charge >= 0.3 is 28.6 Å². The zero-order valence-corrected chi connectivity index (χ0v) is 8.25. The Labute approximate surface area is 61.6 Å². The van der Waals surface area contributed by atoms with Gasteiger partial charge in [-0.2, -0.15) is 0 Å². The van der Waals surface area contributed by atoms with Gasteiger partial charge in [0.25, 0.3) is 0 Å². The summed E-state index contributed by atoms with van der Waals surface area (Å²) in [7, 11) is -9.80. The fourth-order valence-corrected chi connectivity index (χ4v) is 2.74. The normalized spacial score (nSPS) is 12.0. The maximum absolute atomic E-state index is 8.51. The summed E-state index contributed by atoms with van der Waals surface area (Å²) in [6.07, 6.45) is 0. The first-order valence-corrected chi connectivity index (χ1v) is 6.70. The summed E-state index contributed by atoms with van der Waals surface area (Å²) in [5.41, 5.74) is 0. The molecule has 0 fully saturated rings. The van der Waals surface area contributed by atoms with Crippen LogP contribution in [0.5, 0.6) is 0 Å². The van der Waals surface area contributed by atoms with Crippen molar-refractivity contribution in [1.29, 1.82) is 0 Å². The molecule has 0 aromatic rings. The highest BCUT2D eigenvalue weighted by atomic mass is 28.4. The summed E-state index contributed by atoms with van der Waals surface area (Å²) >= 11 is 0. The molecule has 0 radical (unpaired) electrons. The largest absolute Gasteiger partial charge is 0.471 e. The molecule has 0 bridgehead atoms. The maximum Gasteiger partial charge on any atom is 0.471 e. The predicted molar refractivity (Wildman–Crippen MR) is 34.7 cm³/mol. The molecule has 0 saturated carbocycles. The monoisotopic (exact) mass is 204 g/mol. The quantitative estimate of drug-likeness (QED) is 0.291. The Morgan fingerprint density at radius 3 is 1.20 bits per heavy atom. The minimum absolute atomic E-state index is 3.19. The minimum atomic E-state index is -3.30. The first-order valence-electron chi connectivity index (χ1n) is 2.23. The second-order valence-corrected chi connectivity index (χ2v) is 5.33. The van der Waals surface area contributed by atoms with Crippen LogP contribution in [0.15, 0.2) is 0 Å². The van der Waals surface area contributed by atoms with Crippen molar-refractivity contribution in [3.8, 4) is 0 Å². The minimum Gasteiger partial charge on any atom is -0.393 e. The second-order valence-electron chi connectivity index (χ2n) is 1.23. The van der Waals surface area contributed by atoms with E-state index in [4.69, 9.17) is 24.0 Å². The van der Waals surface area contributed by atoms with Gasteiger partial charge in [0.2, 0.25) is 0 Å². The number of hydrogen-bond acceptors (Lipinski definition) is 7. The van der Waals surface area contributed by atoms with Gasteiger partial charge in [-0.3, -0.25) is 0 Å². The summed E-state index contributed by atoms with van der Waals surface area (Å²) in [6, 6.07) is 0. The Morgan fingerprint density at radius 1 is 0.700 bits per heavy atom. The molecule has 0 heterocycles. The van der Waals surface area contributed by atoms with E-state index in [0.717, 1.165) is 0 Å². The molecule has 0 aliphatic rings. The van der Waals surface area contributed by atoms with Gasteiger partial charge < -0.3 is 32.2 Å². The molecule has 5 N–H and O–H groups in total. The molecule has 0 amide bonds. The lowest BCUT2D eigenvalue weighted by Gasteiger charge is -2.10. The molecule has 7 nitrogen and oxygen atoms in total. The molecule has 62 valence electrons. The zero-order chi connectivity index (χ0) is 8.15. The highest BCUT2D eigenvalue weighted by Crippen LogP contribution is 1.85. The van der Waals surface area contributed by atoms with Crippen LogP contribution in [0.1, 0.15) is 0 Å². The van der Waals surface area contributed by atoms with Crippen molar-refractivity contribution in [3.63, 3.8) is 0 Å². The van der Waals surface area contributed by atoms with Crippen molar-refractivity contribution in [1.82, 2.24) is 0 Å². The smallest absolute Gasteiger partial charge is 0.393 e. The molecule has 0 atom stereocenters. The molecule has 10 heteroatoms. The average molecular weight is 204 g/mol. The molecule has 10 heavy (non-hydrogen) atoms. The Hall–Kier alpha value is 0.371. The molecule has 0 saturated heterocycles. The van der Waals surface area contributed by atoms with E-state index >= 15 is 0 Å². The molecule has 0 unspecified atom stereocenters. The fraction of sp³-hybridized carbons (Fsp3) is 0. The first-order chi connectivity index (χ1) is 4.52. The van der Waals surface area contributed by atoms with Crippen molar-refractivity contribution in [2.24, 2.45) is 0 Å². The third-order valence-electron chi connectivity index (χ3n) is 0.476. The van der Waals surface area contributed by atoms with Gasteiger partial charge in [0.1, 0.15) is 0 Å². The van der Waals surface area contributed by atoms with Crippen LogP contribution >= 0.6 is 0 Å². The highest BCUT2D eigenvalue weighted by molar-refractivity contribution is 6.55. The van der Waals surface area contributed by atoms with Gasteiger partial charge in [-0.25, -0.2) is 0 Å². The lowest BCUT2D eigenvalue weighted by atomic mass is 15.6. The van der Waals surface area contributed by atoms with Gasteiger partial charge in [-0.05, 0) is 0 Å². The Bertz CT molecular complexity index is 70.9. The molecule has 0 aromatic carbocycles. The van der Waals surface area contributed by atoms with E-state index < -0.39 is 28.6 Å². The maximum atomic E-state index is 8.51. The lowest BCUT2D eigenvalue weighted by Crippen LogP contribution is -2.37. The van der Waals surface area contributed by atoms with Crippen molar-refractivity contribution < 1.29 is 32.2 Å². The van der Waals surface area contributed by atoms with Gasteiger partial charge in [0, 0.05) is 0 Å². The van der Waals surface area contributed by atoms with Crippen molar-refractivity contribution in [3.05, 3.63) is 0 Å². The second kappa shape index (κ2) is 5.08. The Kier molecular flexibility index (Phi) is 5.27. The van der Waals surface area contributed by atoms with Crippen LogP contribution in [0, 0.1) is 0 Å². The van der Waals surface area contributed by atoms with E-state index in [9.17, 15) is 0 Å². The van der Waals surface area contributed by atoms with Crippen LogP contribution in [0.2, 0.25) is 0 Å². The van der Waals surface area contributed by atoms with Crippen molar-refractivity contribution in [2.75, 3.05) is 0 Å². The molecule has 0 rings (SSSR count). The standard InChI is InChI=1S/H8O7Si3/c1-8(2)6-10(5)7-9(3)4/h1-5,8-10H. The molecule has 0 aliphatic heterocycles. The molecule has 0 spiro atoms. The SMILES string of the molecule is O[SiH](O)O[SiH](O)O[SiH](O)O. The third-order valence-corrected chi connectivity index (χ3v) is 4.29. The van der Waals surface area contributed by atoms with Crippen LogP contribution in [0.3, 0.4) is 0 Å². The number of hydrogen-bond donors (Lipinski definition) is 5. The third kappa shape index (κ3) is 6.49. The Balaban J connectivity index is 3.34. The summed E-state index contributed by atoms with van der Waals surface area (Å²) in [5.74, 6) is 0. The summed E-state index contributed by atoms with van der Waals surface area (Å²) in [6.45, 7) is 0. The summed E-state index contributed by atoms with van der Waals surface area (Å²) in [5, 5.41) is 0. The van der Waals surface area contributed by atoms with Crippen LogP contribution in [0.25, 0.3) is 0 Å². The van der Waals surface area contributed by atoms with E-state index in [2.05, 4.69) is 8.23 Å². The Morgan fingerprint density at radius 2 is 1.00 bits per heavy atom. The average Bonchev–Trinajstić information content (AvgIpc) is 1.58. The predicted octanol–water partition coefficient (Wildman–Crippen LogP) is -4.87. The number of rotatable bonds is 4. The topological polar surface area (TPSA) is 120 Å². The van der Waals surface area contributed by atoms with Crippen LogP contribution < -0.4 is 0 Å². The van der Waals surface area contributed by atoms with E-state index in [1.807, 2.05) is 0 Å². The van der Waals surface area contributed by atoms with Crippen LogP contribution in [-0.2, 0) is 8.23 Å². The van der Waals surface area contributed by atoms with Crippen LogP contribution in [0.4, 0.5) is 0 Å². The van der Waals surface area contributed by atoms with E-state index in [1.54, 1.807) is 0 Å². The van der Waals surface area contributed by atoms with Gasteiger partial charge in [0.05, 0.1) is 0 Å². The lowest BCUT2D eigenvalue weighted by molar-refractivity contribution is 0.185. The summed E-state index contributed by atoms with van der Waals surface area (Å²) in [4.78, 5) is 41.1. The van der Waals surface area contributed by atoms with E-state index in [0.29, 0.717) is 0 Å². The van der Waals surface area contributed by atoms with E-state index in [-0.39, 0.29) is 0 Å².